The number of carbonyl (C=O) groups excluding carboxylic acids is 2. The van der Waals surface area contributed by atoms with Gasteiger partial charge < -0.3 is 9.47 Å². The number of carbonyl (C=O) groups is 2. The van der Waals surface area contributed by atoms with Crippen LogP contribution in [0.2, 0.25) is 0 Å². The van der Waals surface area contributed by atoms with Crippen molar-refractivity contribution in [3.05, 3.63) is 0 Å². The molecule has 0 amide bonds. The molecule has 0 saturated heterocycles. The normalized spacial score (nSPS) is 12.0. The lowest BCUT2D eigenvalue weighted by Gasteiger charge is -2.15. The molecule has 0 aromatic heterocycles. The first-order chi connectivity index (χ1) is 10.6. The zero-order valence-electron chi connectivity index (χ0n) is 14.7. The van der Waals surface area contributed by atoms with E-state index in [0.29, 0.717) is 6.61 Å². The van der Waals surface area contributed by atoms with Crippen LogP contribution >= 0.6 is 0 Å². The lowest BCUT2D eigenvalue weighted by molar-refractivity contribution is -0.154. The zero-order valence-corrected chi connectivity index (χ0v) is 14.7. The van der Waals surface area contributed by atoms with Crippen LogP contribution in [0.25, 0.3) is 0 Å². The maximum absolute atomic E-state index is 11.6. The Hall–Kier alpha value is -1.06. The third-order valence-electron chi connectivity index (χ3n) is 3.66. The lowest BCUT2D eigenvalue weighted by atomic mass is 10.1. The summed E-state index contributed by atoms with van der Waals surface area (Å²) in [5, 5.41) is 0. The average molecular weight is 314 g/mol. The third kappa shape index (κ3) is 12.7. The molecule has 0 aliphatic heterocycles. The molecule has 22 heavy (non-hydrogen) atoms. The molecule has 0 N–H and O–H groups in total. The van der Waals surface area contributed by atoms with Crippen molar-refractivity contribution in [1.82, 2.24) is 0 Å². The largest absolute Gasteiger partial charge is 0.466 e. The van der Waals surface area contributed by atoms with Crippen LogP contribution in [0.3, 0.4) is 0 Å². The highest BCUT2D eigenvalue weighted by atomic mass is 16.5. The fraction of sp³-hybridized carbons (Fsp3) is 0.889. The van der Waals surface area contributed by atoms with E-state index in [9.17, 15) is 9.59 Å². The van der Waals surface area contributed by atoms with Gasteiger partial charge in [-0.25, -0.2) is 0 Å². The average Bonchev–Trinajstić information content (AvgIpc) is 2.51. The minimum absolute atomic E-state index is 0.0170. The van der Waals surface area contributed by atoms with Gasteiger partial charge in [-0.2, -0.15) is 0 Å². The number of ether oxygens (including phenoxy) is 2. The standard InChI is InChI=1S/C18H34O4/c1-4-7-8-9-10-11-15-21-17(19)13-14-18(20)22-16(6-3)12-5-2/h16H,4-15H2,1-3H3. The lowest BCUT2D eigenvalue weighted by Crippen LogP contribution is -2.18. The Bertz CT molecular complexity index is 289. The van der Waals surface area contributed by atoms with Crippen LogP contribution < -0.4 is 0 Å². The summed E-state index contributed by atoms with van der Waals surface area (Å²) in [6, 6.07) is 0. The second-order valence-corrected chi connectivity index (χ2v) is 5.80. The van der Waals surface area contributed by atoms with Crippen molar-refractivity contribution in [2.45, 2.75) is 97.5 Å². The highest BCUT2D eigenvalue weighted by Gasteiger charge is 2.13. The van der Waals surface area contributed by atoms with Gasteiger partial charge in [0.05, 0.1) is 19.4 Å². The van der Waals surface area contributed by atoms with Crippen LogP contribution in [0.15, 0.2) is 0 Å². The van der Waals surface area contributed by atoms with E-state index in [-0.39, 0.29) is 30.9 Å². The molecule has 0 aromatic carbocycles. The number of esters is 2. The quantitative estimate of drug-likeness (QED) is 0.341. The molecule has 0 radical (unpaired) electrons. The van der Waals surface area contributed by atoms with Crippen LogP contribution in [0.4, 0.5) is 0 Å². The summed E-state index contributed by atoms with van der Waals surface area (Å²) in [6.45, 7) is 6.73. The SMILES string of the molecule is CCCCCCCCOC(=O)CCC(=O)OC(CC)CCC. The zero-order chi connectivity index (χ0) is 16.6. The Labute approximate surface area is 135 Å². The van der Waals surface area contributed by atoms with Crippen LogP contribution in [-0.2, 0) is 19.1 Å². The monoisotopic (exact) mass is 314 g/mol. The molecular formula is C18H34O4. The molecule has 1 unspecified atom stereocenters. The molecule has 0 fully saturated rings. The summed E-state index contributed by atoms with van der Waals surface area (Å²) < 4.78 is 10.5. The maximum Gasteiger partial charge on any atom is 0.306 e. The topological polar surface area (TPSA) is 52.6 Å². The third-order valence-corrected chi connectivity index (χ3v) is 3.66. The first kappa shape index (κ1) is 20.9. The second-order valence-electron chi connectivity index (χ2n) is 5.80. The molecule has 0 heterocycles. The first-order valence-electron chi connectivity index (χ1n) is 8.99. The van der Waals surface area contributed by atoms with E-state index in [1.54, 1.807) is 0 Å². The molecule has 0 aliphatic carbocycles. The van der Waals surface area contributed by atoms with E-state index in [2.05, 4.69) is 13.8 Å². The molecule has 130 valence electrons. The van der Waals surface area contributed by atoms with Gasteiger partial charge in [0.25, 0.3) is 0 Å². The Morgan fingerprint density at radius 2 is 1.45 bits per heavy atom. The minimum atomic E-state index is -0.297. The summed E-state index contributed by atoms with van der Waals surface area (Å²) in [6.07, 6.45) is 9.91. The predicted molar refractivity (Wildman–Crippen MR) is 88.6 cm³/mol. The van der Waals surface area contributed by atoms with Gasteiger partial charge in [0.2, 0.25) is 0 Å². The summed E-state index contributed by atoms with van der Waals surface area (Å²) in [4.78, 5) is 23.2. The van der Waals surface area contributed by atoms with Crippen molar-refractivity contribution in [2.24, 2.45) is 0 Å². The summed E-state index contributed by atoms with van der Waals surface area (Å²) in [5.74, 6) is -0.592. The fourth-order valence-electron chi connectivity index (χ4n) is 2.26. The minimum Gasteiger partial charge on any atom is -0.466 e. The first-order valence-corrected chi connectivity index (χ1v) is 8.99. The Morgan fingerprint density at radius 3 is 2.09 bits per heavy atom. The molecule has 0 saturated carbocycles. The van der Waals surface area contributed by atoms with E-state index in [4.69, 9.17) is 9.47 Å². The van der Waals surface area contributed by atoms with Gasteiger partial charge in [-0.05, 0) is 19.3 Å². The van der Waals surface area contributed by atoms with Crippen LogP contribution in [0, 0.1) is 0 Å². The van der Waals surface area contributed by atoms with Gasteiger partial charge in [-0.15, -0.1) is 0 Å². The second kappa shape index (κ2) is 14.9. The summed E-state index contributed by atoms with van der Waals surface area (Å²) >= 11 is 0. The fourth-order valence-corrected chi connectivity index (χ4v) is 2.26. The van der Waals surface area contributed by atoms with Gasteiger partial charge in [0, 0.05) is 0 Å². The van der Waals surface area contributed by atoms with Crippen molar-refractivity contribution < 1.29 is 19.1 Å². The Balaban J connectivity index is 3.57. The summed E-state index contributed by atoms with van der Waals surface area (Å²) in [5.41, 5.74) is 0. The smallest absolute Gasteiger partial charge is 0.306 e. The van der Waals surface area contributed by atoms with Crippen molar-refractivity contribution >= 4 is 11.9 Å². The Kier molecular flexibility index (Phi) is 14.1. The predicted octanol–water partition coefficient (Wildman–Crippen LogP) is 4.79. The van der Waals surface area contributed by atoms with E-state index < -0.39 is 0 Å². The maximum atomic E-state index is 11.6. The van der Waals surface area contributed by atoms with E-state index in [1.165, 1.54) is 25.7 Å². The van der Waals surface area contributed by atoms with Gasteiger partial charge >= 0.3 is 11.9 Å². The van der Waals surface area contributed by atoms with Gasteiger partial charge in [0.15, 0.2) is 0 Å². The van der Waals surface area contributed by atoms with E-state index in [0.717, 1.165) is 32.1 Å². The number of hydrogen-bond acceptors (Lipinski definition) is 4. The molecule has 0 aliphatic rings. The van der Waals surface area contributed by atoms with E-state index >= 15 is 0 Å². The van der Waals surface area contributed by atoms with Gasteiger partial charge in [-0.1, -0.05) is 59.3 Å². The van der Waals surface area contributed by atoms with Crippen LogP contribution in [-0.4, -0.2) is 24.6 Å². The van der Waals surface area contributed by atoms with E-state index in [1.807, 2.05) is 6.92 Å². The molecule has 4 nitrogen and oxygen atoms in total. The molecule has 0 bridgehead atoms. The van der Waals surface area contributed by atoms with Crippen LogP contribution in [0.1, 0.15) is 91.4 Å². The van der Waals surface area contributed by atoms with Crippen molar-refractivity contribution in [3.8, 4) is 0 Å². The molecule has 0 rings (SSSR count). The number of rotatable bonds is 14. The Morgan fingerprint density at radius 1 is 0.818 bits per heavy atom. The molecular weight excluding hydrogens is 280 g/mol. The van der Waals surface area contributed by atoms with Gasteiger partial charge in [-0.3, -0.25) is 9.59 Å². The number of hydrogen-bond donors (Lipinski definition) is 0. The van der Waals surface area contributed by atoms with Crippen molar-refractivity contribution in [3.63, 3.8) is 0 Å². The van der Waals surface area contributed by atoms with Crippen molar-refractivity contribution in [2.75, 3.05) is 6.61 Å². The molecule has 0 spiro atoms. The molecule has 4 heteroatoms. The van der Waals surface area contributed by atoms with Crippen LogP contribution in [0.5, 0.6) is 0 Å². The van der Waals surface area contributed by atoms with Gasteiger partial charge in [0.1, 0.15) is 6.10 Å². The molecule has 0 aromatic rings. The van der Waals surface area contributed by atoms with Crippen molar-refractivity contribution in [1.29, 1.82) is 0 Å². The molecule has 1 atom stereocenters. The highest BCUT2D eigenvalue weighted by molar-refractivity contribution is 5.77. The summed E-state index contributed by atoms with van der Waals surface area (Å²) in [7, 11) is 0. The highest BCUT2D eigenvalue weighted by Crippen LogP contribution is 2.09. The number of unbranched alkanes of at least 4 members (excludes halogenated alkanes) is 5.